The molecule has 2 aromatic carbocycles. The van der Waals surface area contributed by atoms with E-state index in [2.05, 4.69) is 70.8 Å². The van der Waals surface area contributed by atoms with E-state index in [1.54, 1.807) is 0 Å². The monoisotopic (exact) mass is 356 g/mol. The number of furan rings is 1. The molecule has 0 fully saturated rings. The Bertz CT molecular complexity index is 997. The Morgan fingerprint density at radius 1 is 1.11 bits per heavy atom. The molecule has 0 saturated heterocycles. The molecule has 0 unspecified atom stereocenters. The molecule has 3 aromatic rings. The zero-order chi connectivity index (χ0) is 12.8. The average Bonchev–Trinajstić information content (AvgIpc) is 2.73. The van der Waals surface area contributed by atoms with Crippen molar-refractivity contribution in [1.82, 2.24) is 0 Å². The van der Waals surface area contributed by atoms with Gasteiger partial charge in [-0.15, -0.1) is 0 Å². The molecule has 1 heterocycles. The summed E-state index contributed by atoms with van der Waals surface area (Å²) in [6.07, 6.45) is 2.68. The molecule has 0 spiro atoms. The molecular formula is C17H9IO. The maximum Gasteiger partial charge on any atom is 0.144 e. The highest BCUT2D eigenvalue weighted by Gasteiger charge is 2.10. The smallest absolute Gasteiger partial charge is 0.144 e. The zero-order valence-corrected chi connectivity index (χ0v) is 12.2. The van der Waals surface area contributed by atoms with Crippen molar-refractivity contribution >= 4 is 54.0 Å². The molecular weight excluding hydrogens is 347 g/mol. The van der Waals surface area contributed by atoms with Crippen molar-refractivity contribution in [1.29, 1.82) is 0 Å². The van der Waals surface area contributed by atoms with Gasteiger partial charge in [0.15, 0.2) is 0 Å². The van der Waals surface area contributed by atoms with Gasteiger partial charge in [0.2, 0.25) is 0 Å². The first kappa shape index (κ1) is 11.1. The first-order valence-corrected chi connectivity index (χ1v) is 7.20. The Labute approximate surface area is 123 Å². The van der Waals surface area contributed by atoms with Gasteiger partial charge in [-0.2, -0.15) is 0 Å². The molecule has 1 aromatic heterocycles. The number of fused-ring (bicyclic) bond motifs is 5. The molecule has 1 aliphatic carbocycles. The van der Waals surface area contributed by atoms with E-state index >= 15 is 0 Å². The molecule has 0 N–H and O–H groups in total. The van der Waals surface area contributed by atoms with Crippen LogP contribution in [-0.4, -0.2) is 0 Å². The molecule has 90 valence electrons. The van der Waals surface area contributed by atoms with Crippen LogP contribution in [0.1, 0.15) is 6.42 Å². The molecule has 0 bridgehead atoms. The van der Waals surface area contributed by atoms with Gasteiger partial charge < -0.3 is 4.42 Å². The van der Waals surface area contributed by atoms with Gasteiger partial charge in [-0.1, -0.05) is 42.2 Å². The van der Waals surface area contributed by atoms with Crippen LogP contribution >= 0.6 is 22.6 Å². The van der Waals surface area contributed by atoms with Crippen LogP contribution in [0.25, 0.3) is 31.4 Å². The van der Waals surface area contributed by atoms with Crippen molar-refractivity contribution in [2.45, 2.75) is 6.42 Å². The van der Waals surface area contributed by atoms with E-state index in [4.69, 9.17) is 4.42 Å². The van der Waals surface area contributed by atoms with Gasteiger partial charge in [-0.05, 0) is 39.4 Å². The van der Waals surface area contributed by atoms with Crippen molar-refractivity contribution in [3.63, 3.8) is 0 Å². The summed E-state index contributed by atoms with van der Waals surface area (Å²) in [5.41, 5.74) is 1.83. The summed E-state index contributed by atoms with van der Waals surface area (Å²) in [5.74, 6) is 6.18. The quantitative estimate of drug-likeness (QED) is 0.445. The van der Waals surface area contributed by atoms with Crippen LogP contribution < -0.4 is 10.6 Å². The third kappa shape index (κ3) is 1.62. The average molecular weight is 356 g/mol. The van der Waals surface area contributed by atoms with E-state index in [9.17, 15) is 0 Å². The van der Waals surface area contributed by atoms with Crippen LogP contribution in [0.3, 0.4) is 0 Å². The molecule has 1 nitrogen and oxygen atoms in total. The summed E-state index contributed by atoms with van der Waals surface area (Å²) in [5, 5.41) is 4.89. The second kappa shape index (κ2) is 4.14. The van der Waals surface area contributed by atoms with E-state index in [0.717, 1.165) is 17.4 Å². The van der Waals surface area contributed by atoms with Gasteiger partial charge in [0.25, 0.3) is 0 Å². The maximum atomic E-state index is 5.97. The minimum atomic E-state index is 0.794. The Balaban J connectivity index is 2.38. The summed E-state index contributed by atoms with van der Waals surface area (Å²) in [4.78, 5) is 0. The number of halogens is 1. The Kier molecular flexibility index (Phi) is 2.42. The van der Waals surface area contributed by atoms with E-state index in [-0.39, 0.29) is 0 Å². The lowest BCUT2D eigenvalue weighted by Crippen LogP contribution is -2.21. The SMILES string of the molecule is IC1=c2c(oc3ccc4ccccc4c23)=CC#CC1. The minimum Gasteiger partial charge on any atom is -0.455 e. The molecule has 0 atom stereocenters. The molecule has 1 aliphatic rings. The molecule has 2 heteroatoms. The number of rotatable bonds is 0. The van der Waals surface area contributed by atoms with Crippen LogP contribution in [0.4, 0.5) is 0 Å². The topological polar surface area (TPSA) is 13.1 Å². The highest BCUT2D eigenvalue weighted by Crippen LogP contribution is 2.24. The maximum absolute atomic E-state index is 5.97. The molecule has 4 rings (SSSR count). The molecule has 0 amide bonds. The summed E-state index contributed by atoms with van der Waals surface area (Å²) >= 11 is 2.38. The van der Waals surface area contributed by atoms with Gasteiger partial charge in [0, 0.05) is 26.7 Å². The van der Waals surface area contributed by atoms with Crippen molar-refractivity contribution in [3.05, 3.63) is 47.0 Å². The van der Waals surface area contributed by atoms with E-state index < -0.39 is 0 Å². The van der Waals surface area contributed by atoms with Crippen LogP contribution in [-0.2, 0) is 0 Å². The standard InChI is InChI=1S/C17H9IO/c18-13-7-3-4-8-14-17(13)16-12-6-2-1-5-11(12)9-10-15(16)19-14/h1-2,5-6,8-10H,7H2. The predicted molar refractivity (Wildman–Crippen MR) is 87.3 cm³/mol. The Morgan fingerprint density at radius 2 is 2.00 bits per heavy atom. The van der Waals surface area contributed by atoms with Gasteiger partial charge in [-0.3, -0.25) is 0 Å². The lowest BCUT2D eigenvalue weighted by Gasteiger charge is -1.98. The second-order valence-electron chi connectivity index (χ2n) is 4.55. The Morgan fingerprint density at radius 3 is 2.95 bits per heavy atom. The van der Waals surface area contributed by atoms with E-state index in [1.807, 2.05) is 6.08 Å². The molecule has 19 heavy (non-hydrogen) atoms. The predicted octanol–water partition coefficient (Wildman–Crippen LogP) is 3.32. The largest absolute Gasteiger partial charge is 0.455 e. The highest BCUT2D eigenvalue weighted by atomic mass is 127. The highest BCUT2D eigenvalue weighted by molar-refractivity contribution is 14.1. The van der Waals surface area contributed by atoms with Crippen LogP contribution in [0.2, 0.25) is 0 Å². The lowest BCUT2D eigenvalue weighted by atomic mass is 10.1. The number of hydrogen-bond donors (Lipinski definition) is 0. The minimum absolute atomic E-state index is 0.794. The zero-order valence-electron chi connectivity index (χ0n) is 10.0. The molecule has 0 saturated carbocycles. The van der Waals surface area contributed by atoms with Crippen LogP contribution in [0.5, 0.6) is 0 Å². The van der Waals surface area contributed by atoms with Gasteiger partial charge in [0.05, 0.1) is 0 Å². The van der Waals surface area contributed by atoms with Crippen molar-refractivity contribution in [2.24, 2.45) is 0 Å². The van der Waals surface area contributed by atoms with Crippen molar-refractivity contribution in [2.75, 3.05) is 0 Å². The van der Waals surface area contributed by atoms with E-state index in [1.165, 1.54) is 25.0 Å². The number of hydrogen-bond acceptors (Lipinski definition) is 1. The fourth-order valence-corrected chi connectivity index (χ4v) is 3.32. The molecule has 0 aliphatic heterocycles. The first-order valence-electron chi connectivity index (χ1n) is 6.12. The second-order valence-corrected chi connectivity index (χ2v) is 5.85. The Hall–Kier alpha value is -1.73. The van der Waals surface area contributed by atoms with Crippen LogP contribution in [0.15, 0.2) is 40.8 Å². The van der Waals surface area contributed by atoms with Crippen molar-refractivity contribution < 1.29 is 4.42 Å². The first-order chi connectivity index (χ1) is 9.34. The summed E-state index contributed by atoms with van der Waals surface area (Å²) in [7, 11) is 0. The fraction of sp³-hybridized carbons (Fsp3) is 0.0588. The van der Waals surface area contributed by atoms with Crippen molar-refractivity contribution in [3.8, 4) is 11.8 Å². The number of benzene rings is 2. The third-order valence-electron chi connectivity index (χ3n) is 3.43. The normalized spacial score (nSPS) is 13.6. The summed E-state index contributed by atoms with van der Waals surface area (Å²) in [6, 6.07) is 12.6. The summed E-state index contributed by atoms with van der Waals surface area (Å²) in [6.45, 7) is 0. The molecule has 0 radical (unpaired) electrons. The van der Waals surface area contributed by atoms with Gasteiger partial charge in [-0.25, -0.2) is 0 Å². The lowest BCUT2D eigenvalue weighted by molar-refractivity contribution is 0.576. The summed E-state index contributed by atoms with van der Waals surface area (Å²) < 4.78 is 7.22. The van der Waals surface area contributed by atoms with Crippen LogP contribution in [0, 0.1) is 11.8 Å². The van der Waals surface area contributed by atoms with Gasteiger partial charge in [0.1, 0.15) is 11.0 Å². The van der Waals surface area contributed by atoms with Gasteiger partial charge >= 0.3 is 0 Å². The van der Waals surface area contributed by atoms with E-state index in [0.29, 0.717) is 0 Å². The third-order valence-corrected chi connectivity index (χ3v) is 4.35. The fourth-order valence-electron chi connectivity index (χ4n) is 2.59.